The predicted octanol–water partition coefficient (Wildman–Crippen LogP) is 6.73. The van der Waals surface area contributed by atoms with Crippen LogP contribution in [0.5, 0.6) is 11.5 Å². The van der Waals surface area contributed by atoms with E-state index in [1.54, 1.807) is 54.5 Å². The monoisotopic (exact) mass is 755 g/mol. The van der Waals surface area contributed by atoms with Crippen LogP contribution in [0.1, 0.15) is 55.6 Å². The van der Waals surface area contributed by atoms with E-state index >= 15 is 9.59 Å². The number of phenolic OH excluding ortho intramolecular Hbond substituents is 1. The molecule has 56 heavy (non-hydrogen) atoms. The van der Waals surface area contributed by atoms with Gasteiger partial charge >= 0.3 is 0 Å². The molecule has 1 atom stereocenters. The van der Waals surface area contributed by atoms with Crippen molar-refractivity contribution in [1.29, 1.82) is 0 Å². The second-order valence-electron chi connectivity index (χ2n) is 14.7. The van der Waals surface area contributed by atoms with E-state index in [0.717, 1.165) is 36.2 Å². The molecule has 2 aliphatic rings. The van der Waals surface area contributed by atoms with Crippen LogP contribution in [0.3, 0.4) is 0 Å². The summed E-state index contributed by atoms with van der Waals surface area (Å²) in [6, 6.07) is 25.8. The molecule has 5 aromatic rings. The summed E-state index contributed by atoms with van der Waals surface area (Å²) in [5, 5.41) is 13.1. The summed E-state index contributed by atoms with van der Waals surface area (Å²) >= 11 is 0. The van der Waals surface area contributed by atoms with Crippen LogP contribution in [0, 0.1) is 13.8 Å². The summed E-state index contributed by atoms with van der Waals surface area (Å²) in [4.78, 5) is 48.7. The molecule has 11 heteroatoms. The number of morpholine rings is 1. The molecule has 290 valence electrons. The molecule has 4 aromatic carbocycles. The van der Waals surface area contributed by atoms with Crippen molar-refractivity contribution in [3.63, 3.8) is 0 Å². The molecular formula is C45H49N5O6. The van der Waals surface area contributed by atoms with Gasteiger partial charge < -0.3 is 34.3 Å². The van der Waals surface area contributed by atoms with Crippen molar-refractivity contribution in [3.05, 3.63) is 130 Å². The molecule has 3 heterocycles. The van der Waals surface area contributed by atoms with E-state index in [2.05, 4.69) is 22.3 Å². The minimum atomic E-state index is -0.286. The third-order valence-corrected chi connectivity index (χ3v) is 11.1. The van der Waals surface area contributed by atoms with Crippen LogP contribution >= 0.6 is 0 Å². The number of nitrogens with one attached hydrogen (secondary N) is 1. The van der Waals surface area contributed by atoms with Crippen LogP contribution in [0.15, 0.2) is 91.1 Å². The van der Waals surface area contributed by atoms with Gasteiger partial charge in [0.1, 0.15) is 11.5 Å². The number of methoxy groups -OCH3 is 1. The second kappa shape index (κ2) is 16.4. The SMILES string of the molecule is COc1cccc(CN(C(=O)c2c(-c3cc(NC(C)=O)ccc3C(=O)N3Cc4ccccc4C[C@H]3CN3CCOCC3)cn(C)c2C)c2ccc(O)cc2)c1C. The number of carbonyl (C=O) groups excluding carboxylic acids is 3. The Morgan fingerprint density at radius 1 is 0.929 bits per heavy atom. The van der Waals surface area contributed by atoms with E-state index < -0.39 is 0 Å². The molecule has 11 nitrogen and oxygen atoms in total. The largest absolute Gasteiger partial charge is 0.508 e. The molecule has 7 rings (SSSR count). The fourth-order valence-corrected chi connectivity index (χ4v) is 7.93. The molecule has 2 aliphatic heterocycles. The summed E-state index contributed by atoms with van der Waals surface area (Å²) in [5.41, 5.74) is 7.92. The number of ether oxygens (including phenoxy) is 2. The molecule has 0 saturated carbocycles. The van der Waals surface area contributed by atoms with Crippen molar-refractivity contribution in [2.75, 3.05) is 50.2 Å². The number of hydrogen-bond donors (Lipinski definition) is 2. The van der Waals surface area contributed by atoms with E-state index in [4.69, 9.17) is 9.47 Å². The van der Waals surface area contributed by atoms with Gasteiger partial charge in [0.05, 0.1) is 32.4 Å². The molecule has 0 bridgehead atoms. The van der Waals surface area contributed by atoms with Gasteiger partial charge in [-0.2, -0.15) is 0 Å². The zero-order valence-corrected chi connectivity index (χ0v) is 32.7. The number of phenols is 1. The first-order valence-electron chi connectivity index (χ1n) is 19.0. The fraction of sp³-hybridized carbons (Fsp3) is 0.311. The second-order valence-corrected chi connectivity index (χ2v) is 14.7. The zero-order chi connectivity index (χ0) is 39.5. The number of aromatic hydroxyl groups is 1. The van der Waals surface area contributed by atoms with Crippen LogP contribution in [-0.2, 0) is 36.1 Å². The van der Waals surface area contributed by atoms with Gasteiger partial charge in [-0.15, -0.1) is 0 Å². The van der Waals surface area contributed by atoms with Gasteiger partial charge in [-0.05, 0) is 96.6 Å². The van der Waals surface area contributed by atoms with Crippen molar-refractivity contribution in [1.82, 2.24) is 14.4 Å². The Morgan fingerprint density at radius 3 is 2.38 bits per heavy atom. The van der Waals surface area contributed by atoms with Crippen LogP contribution in [0.4, 0.5) is 11.4 Å². The highest BCUT2D eigenvalue weighted by Crippen LogP contribution is 2.37. The Morgan fingerprint density at radius 2 is 1.66 bits per heavy atom. The number of benzene rings is 4. The molecule has 3 amide bonds. The van der Waals surface area contributed by atoms with Crippen molar-refractivity contribution in [2.24, 2.45) is 7.05 Å². The van der Waals surface area contributed by atoms with Gasteiger partial charge in [0.2, 0.25) is 5.91 Å². The molecule has 0 spiro atoms. The molecule has 0 unspecified atom stereocenters. The number of carbonyl (C=O) groups is 3. The Balaban J connectivity index is 1.34. The summed E-state index contributed by atoms with van der Waals surface area (Å²) in [5.74, 6) is 0.111. The molecule has 2 N–H and O–H groups in total. The molecule has 0 radical (unpaired) electrons. The van der Waals surface area contributed by atoms with Crippen molar-refractivity contribution in [2.45, 2.75) is 46.3 Å². The average molecular weight is 756 g/mol. The maximum absolute atomic E-state index is 15.2. The van der Waals surface area contributed by atoms with Gasteiger partial charge in [0.25, 0.3) is 11.8 Å². The lowest BCUT2D eigenvalue weighted by atomic mass is 9.91. The smallest absolute Gasteiger partial charge is 0.261 e. The van der Waals surface area contributed by atoms with Crippen molar-refractivity contribution >= 4 is 29.1 Å². The number of hydrogen-bond acceptors (Lipinski definition) is 7. The third kappa shape index (κ3) is 7.91. The number of aryl methyl sites for hydroxylation is 1. The Labute approximate surface area is 328 Å². The van der Waals surface area contributed by atoms with E-state index in [1.165, 1.54) is 12.5 Å². The average Bonchev–Trinajstić information content (AvgIpc) is 3.50. The topological polar surface area (TPSA) is 117 Å². The first-order chi connectivity index (χ1) is 27.0. The highest BCUT2D eigenvalue weighted by molar-refractivity contribution is 6.13. The number of anilines is 2. The molecule has 1 aromatic heterocycles. The number of fused-ring (bicyclic) bond motifs is 1. The Bertz CT molecular complexity index is 2260. The maximum atomic E-state index is 15.2. The van der Waals surface area contributed by atoms with Crippen molar-refractivity contribution in [3.8, 4) is 22.6 Å². The minimum absolute atomic E-state index is 0.0838. The van der Waals surface area contributed by atoms with Gasteiger partial charge in [0.15, 0.2) is 0 Å². The van der Waals surface area contributed by atoms with E-state index in [0.29, 0.717) is 71.4 Å². The lowest BCUT2D eigenvalue weighted by molar-refractivity contribution is -0.114. The van der Waals surface area contributed by atoms with Crippen LogP contribution in [0.25, 0.3) is 11.1 Å². The van der Waals surface area contributed by atoms with Crippen molar-refractivity contribution < 1.29 is 29.0 Å². The Kier molecular flexibility index (Phi) is 11.3. The quantitative estimate of drug-likeness (QED) is 0.163. The molecular weight excluding hydrogens is 707 g/mol. The highest BCUT2D eigenvalue weighted by atomic mass is 16.5. The predicted molar refractivity (Wildman–Crippen MR) is 217 cm³/mol. The van der Waals surface area contributed by atoms with Gasteiger partial charge in [-0.3, -0.25) is 19.3 Å². The zero-order valence-electron chi connectivity index (χ0n) is 32.7. The van der Waals surface area contributed by atoms with Crippen LogP contribution in [-0.4, -0.2) is 83.2 Å². The number of rotatable bonds is 10. The lowest BCUT2D eigenvalue weighted by Crippen LogP contribution is -2.52. The first-order valence-corrected chi connectivity index (χ1v) is 19.0. The lowest BCUT2D eigenvalue weighted by Gasteiger charge is -2.40. The summed E-state index contributed by atoms with van der Waals surface area (Å²) in [6.45, 7) is 9.60. The van der Waals surface area contributed by atoms with Crippen LogP contribution in [0.2, 0.25) is 0 Å². The molecule has 1 fully saturated rings. The van der Waals surface area contributed by atoms with Gasteiger partial charge in [-0.25, -0.2) is 0 Å². The normalized spacial score (nSPS) is 15.6. The Hall–Kier alpha value is -5.91. The van der Waals surface area contributed by atoms with Crippen LogP contribution < -0.4 is 15.0 Å². The number of amides is 3. The van der Waals surface area contributed by atoms with Gasteiger partial charge in [0, 0.05) is 80.6 Å². The number of nitrogens with zero attached hydrogens (tertiary/aromatic N) is 4. The molecule has 1 saturated heterocycles. The van der Waals surface area contributed by atoms with E-state index in [-0.39, 0.29) is 36.1 Å². The van der Waals surface area contributed by atoms with Gasteiger partial charge in [-0.1, -0.05) is 36.4 Å². The maximum Gasteiger partial charge on any atom is 0.261 e. The fourth-order valence-electron chi connectivity index (χ4n) is 7.93. The summed E-state index contributed by atoms with van der Waals surface area (Å²) < 4.78 is 13.1. The third-order valence-electron chi connectivity index (χ3n) is 11.1. The summed E-state index contributed by atoms with van der Waals surface area (Å²) in [7, 11) is 3.50. The first kappa shape index (κ1) is 38.4. The summed E-state index contributed by atoms with van der Waals surface area (Å²) in [6.07, 6.45) is 2.60. The highest BCUT2D eigenvalue weighted by Gasteiger charge is 2.35. The number of aromatic nitrogens is 1. The van der Waals surface area contributed by atoms with E-state index in [1.807, 2.05) is 66.9 Å². The molecule has 0 aliphatic carbocycles. The minimum Gasteiger partial charge on any atom is -0.508 e. The standard InChI is InChI=1S/C45H49N5O6/c1-29-33(11-8-12-42(29)55-5)25-49(36-14-16-38(52)17-15-36)45(54)43-30(2)47(4)28-41(43)40-24-35(46-31(3)51)13-18-39(40)44(53)50-26-34-10-7-6-9-32(34)23-37(50)27-48-19-21-56-22-20-48/h6-18,24,28,37,52H,19-23,25-27H2,1-5H3,(H,46,51)/t37-/m0/s1. The van der Waals surface area contributed by atoms with E-state index in [9.17, 15) is 9.90 Å².